The highest BCUT2D eigenvalue weighted by molar-refractivity contribution is 6.31. The molecule has 2 N–H and O–H groups in total. The highest BCUT2D eigenvalue weighted by Gasteiger charge is 2.27. The smallest absolute Gasteiger partial charge is 0.414 e. The summed E-state index contributed by atoms with van der Waals surface area (Å²) in [5, 5.41) is 7.42. The number of carbonyl (C=O) groups excluding carboxylic acids is 3. The first-order chi connectivity index (χ1) is 20.6. The van der Waals surface area contributed by atoms with Crippen LogP contribution in [0, 0.1) is 11.6 Å². The molecule has 1 aromatic heterocycles. The van der Waals surface area contributed by atoms with Crippen molar-refractivity contribution < 1.29 is 32.4 Å². The van der Waals surface area contributed by atoms with Crippen LogP contribution in [0.25, 0.3) is 11.3 Å². The van der Waals surface area contributed by atoms with Crippen LogP contribution in [0.5, 0.6) is 0 Å². The largest absolute Gasteiger partial charge is 0.447 e. The van der Waals surface area contributed by atoms with Gasteiger partial charge in [-0.1, -0.05) is 41.0 Å². The van der Waals surface area contributed by atoms with Gasteiger partial charge >= 0.3 is 6.09 Å². The number of benzene rings is 2. The molecule has 230 valence electrons. The van der Waals surface area contributed by atoms with Crippen molar-refractivity contribution in [3.8, 4) is 11.3 Å². The number of hydrogen-bond donors (Lipinski definition) is 2. The lowest BCUT2D eigenvalue weighted by Gasteiger charge is -2.34. The van der Waals surface area contributed by atoms with Crippen LogP contribution in [-0.2, 0) is 20.9 Å². The Morgan fingerprint density at radius 3 is 2.58 bits per heavy atom. The molecule has 1 atom stereocenters. The van der Waals surface area contributed by atoms with E-state index in [0.29, 0.717) is 29.9 Å². The van der Waals surface area contributed by atoms with Gasteiger partial charge in [-0.15, -0.1) is 0 Å². The fourth-order valence-corrected chi connectivity index (χ4v) is 4.76. The Morgan fingerprint density at radius 2 is 1.86 bits per heavy atom. The summed E-state index contributed by atoms with van der Waals surface area (Å²) in [6, 6.07) is 10.7. The van der Waals surface area contributed by atoms with E-state index in [1.165, 1.54) is 48.3 Å². The van der Waals surface area contributed by atoms with E-state index in [4.69, 9.17) is 20.9 Å². The van der Waals surface area contributed by atoms with E-state index in [1.807, 2.05) is 7.05 Å². The fraction of sp³-hybridized carbons (Fsp3) is 0.379. The summed E-state index contributed by atoms with van der Waals surface area (Å²) >= 11 is 6.08. The molecule has 0 unspecified atom stereocenters. The summed E-state index contributed by atoms with van der Waals surface area (Å²) in [4.78, 5) is 42.2. The molecule has 1 saturated heterocycles. The summed E-state index contributed by atoms with van der Waals surface area (Å²) in [6.45, 7) is 3.76. The van der Waals surface area contributed by atoms with E-state index < -0.39 is 29.7 Å². The van der Waals surface area contributed by atoms with Crippen molar-refractivity contribution in [1.29, 1.82) is 0 Å². The molecule has 2 heterocycles. The number of carbonyl (C=O) groups is 3. The maximum atomic E-state index is 14.0. The third-order valence-electron chi connectivity index (χ3n) is 6.99. The van der Waals surface area contributed by atoms with Crippen LogP contribution < -0.4 is 10.7 Å². The van der Waals surface area contributed by atoms with E-state index in [9.17, 15) is 23.2 Å². The van der Waals surface area contributed by atoms with Crippen LogP contribution in [0.15, 0.2) is 53.1 Å². The minimum Gasteiger partial charge on any atom is -0.447 e. The second-order valence-electron chi connectivity index (χ2n) is 10.1. The van der Waals surface area contributed by atoms with Crippen LogP contribution in [0.4, 0.5) is 19.5 Å². The standard InChI is InChI=1S/C29H33ClF2N6O5/c1-19(39)38(33-17-21-6-4-8-24(32)28(21)30)23(9-10-27(40)37-13-11-36(2)12-14-37)18-42-29(41)34-26-16-25(35-43-26)20-5-3-7-22(31)15-20/h3-8,15-16,23,33H,9-14,17-18H2,1-2H3,(H,34,41)/t23-/m0/s1. The lowest BCUT2D eigenvalue weighted by Crippen LogP contribution is -2.51. The number of halogens is 3. The monoisotopic (exact) mass is 618 g/mol. The highest BCUT2D eigenvalue weighted by Crippen LogP contribution is 2.23. The Kier molecular flexibility index (Phi) is 11.0. The van der Waals surface area contributed by atoms with E-state index >= 15 is 0 Å². The molecular formula is C29H33ClF2N6O5. The van der Waals surface area contributed by atoms with E-state index in [0.717, 1.165) is 13.1 Å². The average Bonchev–Trinajstić information content (AvgIpc) is 3.44. The number of hydrogen-bond acceptors (Lipinski definition) is 8. The fourth-order valence-electron chi connectivity index (χ4n) is 4.57. The first-order valence-electron chi connectivity index (χ1n) is 13.7. The molecule has 3 amide bonds. The van der Waals surface area contributed by atoms with Crippen molar-refractivity contribution in [3.63, 3.8) is 0 Å². The molecule has 0 radical (unpaired) electrons. The molecule has 1 aliphatic heterocycles. The molecule has 43 heavy (non-hydrogen) atoms. The van der Waals surface area contributed by atoms with Crippen LogP contribution in [0.1, 0.15) is 25.3 Å². The van der Waals surface area contributed by atoms with Gasteiger partial charge in [0.1, 0.15) is 23.9 Å². The number of piperazine rings is 1. The van der Waals surface area contributed by atoms with Crippen molar-refractivity contribution in [1.82, 2.24) is 25.4 Å². The maximum absolute atomic E-state index is 14.0. The second-order valence-corrected chi connectivity index (χ2v) is 10.5. The minimum absolute atomic E-state index is 0.00615. The molecule has 0 aliphatic carbocycles. The van der Waals surface area contributed by atoms with Gasteiger partial charge in [0, 0.05) is 57.7 Å². The van der Waals surface area contributed by atoms with E-state index in [-0.39, 0.29) is 42.8 Å². The first kappa shape index (κ1) is 31.9. The quantitative estimate of drug-likeness (QED) is 0.305. The number of hydrazine groups is 1. The molecular weight excluding hydrogens is 586 g/mol. The van der Waals surface area contributed by atoms with Gasteiger partial charge in [-0.05, 0) is 37.2 Å². The summed E-state index contributed by atoms with van der Waals surface area (Å²) in [7, 11) is 1.99. The van der Waals surface area contributed by atoms with E-state index in [2.05, 4.69) is 20.8 Å². The van der Waals surface area contributed by atoms with Crippen molar-refractivity contribution in [2.75, 3.05) is 45.2 Å². The van der Waals surface area contributed by atoms with Gasteiger partial charge in [0.05, 0.1) is 11.1 Å². The van der Waals surface area contributed by atoms with Gasteiger partial charge in [-0.3, -0.25) is 19.9 Å². The van der Waals surface area contributed by atoms with Gasteiger partial charge in [0.15, 0.2) is 0 Å². The Hall–Kier alpha value is -4.07. The highest BCUT2D eigenvalue weighted by atomic mass is 35.5. The van der Waals surface area contributed by atoms with Crippen LogP contribution >= 0.6 is 11.6 Å². The topological polar surface area (TPSA) is 120 Å². The summed E-state index contributed by atoms with van der Waals surface area (Å²) in [5.41, 5.74) is 4.12. The lowest BCUT2D eigenvalue weighted by atomic mass is 10.1. The Labute approximate surface area is 252 Å². The van der Waals surface area contributed by atoms with Gasteiger partial charge in [0.2, 0.25) is 17.7 Å². The van der Waals surface area contributed by atoms with Crippen LogP contribution in [0.3, 0.4) is 0 Å². The summed E-state index contributed by atoms with van der Waals surface area (Å²) in [6.07, 6.45) is -0.618. The number of amides is 3. The summed E-state index contributed by atoms with van der Waals surface area (Å²) < 4.78 is 38.1. The zero-order chi connectivity index (χ0) is 30.9. The Morgan fingerprint density at radius 1 is 1.12 bits per heavy atom. The predicted octanol–water partition coefficient (Wildman–Crippen LogP) is 4.30. The minimum atomic E-state index is -0.894. The molecule has 0 saturated carbocycles. The van der Waals surface area contributed by atoms with Gasteiger partial charge < -0.3 is 19.1 Å². The van der Waals surface area contributed by atoms with Crippen molar-refractivity contribution in [2.45, 2.75) is 32.4 Å². The molecule has 11 nitrogen and oxygen atoms in total. The Bertz CT molecular complexity index is 1430. The molecule has 2 aromatic carbocycles. The molecule has 4 rings (SSSR count). The molecule has 1 aliphatic rings. The number of anilines is 1. The average molecular weight is 619 g/mol. The van der Waals surface area contributed by atoms with Gasteiger partial charge in [-0.2, -0.15) is 0 Å². The normalized spacial score (nSPS) is 14.3. The van der Waals surface area contributed by atoms with Gasteiger partial charge in [-0.25, -0.2) is 19.0 Å². The number of ether oxygens (including phenoxy) is 1. The first-order valence-corrected chi connectivity index (χ1v) is 14.1. The molecule has 14 heteroatoms. The lowest BCUT2D eigenvalue weighted by molar-refractivity contribution is -0.139. The van der Waals surface area contributed by atoms with Crippen LogP contribution in [-0.4, -0.2) is 83.7 Å². The van der Waals surface area contributed by atoms with Crippen LogP contribution in [0.2, 0.25) is 5.02 Å². The number of rotatable bonds is 11. The third kappa shape index (κ3) is 8.96. The molecule has 1 fully saturated rings. The van der Waals surface area contributed by atoms with Crippen molar-refractivity contribution in [2.24, 2.45) is 0 Å². The second kappa shape index (κ2) is 14.9. The van der Waals surface area contributed by atoms with E-state index in [1.54, 1.807) is 17.0 Å². The molecule has 0 spiro atoms. The SMILES string of the molecule is CC(=O)N(NCc1cccc(F)c1Cl)[C@@H](CCC(=O)N1CCN(C)CC1)COC(=O)Nc1cc(-c2cccc(F)c2)no1. The Balaban J connectivity index is 1.41. The number of aromatic nitrogens is 1. The molecule has 0 bridgehead atoms. The molecule has 3 aromatic rings. The zero-order valence-corrected chi connectivity index (χ0v) is 24.6. The van der Waals surface area contributed by atoms with Crippen molar-refractivity contribution in [3.05, 3.63) is 70.8 Å². The van der Waals surface area contributed by atoms with Crippen molar-refractivity contribution >= 4 is 35.4 Å². The number of nitrogens with zero attached hydrogens (tertiary/aromatic N) is 4. The predicted molar refractivity (Wildman–Crippen MR) is 155 cm³/mol. The summed E-state index contributed by atoms with van der Waals surface area (Å²) in [5.74, 6) is -1.57. The maximum Gasteiger partial charge on any atom is 0.414 e. The third-order valence-corrected chi connectivity index (χ3v) is 7.41. The number of nitrogens with one attached hydrogen (secondary N) is 2. The number of likely N-dealkylation sites (N-methyl/N-ethyl adjacent to an activating group) is 1. The van der Waals surface area contributed by atoms with Gasteiger partial charge in [0.25, 0.3) is 0 Å². The zero-order valence-electron chi connectivity index (χ0n) is 23.8.